The quantitative estimate of drug-likeness (QED) is 0.610. The van der Waals surface area contributed by atoms with Crippen LogP contribution in [0.1, 0.15) is 29.3 Å². The van der Waals surface area contributed by atoms with E-state index in [2.05, 4.69) is 36.8 Å². The number of carbonyl (C=O) groups excluding carboxylic acids is 1. The van der Waals surface area contributed by atoms with Crippen LogP contribution in [-0.4, -0.2) is 17.6 Å². The van der Waals surface area contributed by atoms with Crippen molar-refractivity contribution in [3.63, 3.8) is 0 Å². The first-order valence-electron chi connectivity index (χ1n) is 4.28. The fraction of sp³-hybridized carbons (Fsp3) is 0.333. The Hall–Kier alpha value is -0.560. The van der Waals surface area contributed by atoms with Gasteiger partial charge in [-0.3, -0.25) is 0 Å². The number of halogens is 4. The van der Waals surface area contributed by atoms with Crippen molar-refractivity contribution in [1.82, 2.24) is 4.98 Å². The van der Waals surface area contributed by atoms with Crippen LogP contribution in [0.3, 0.4) is 0 Å². The van der Waals surface area contributed by atoms with Gasteiger partial charge < -0.3 is 4.74 Å². The highest BCUT2D eigenvalue weighted by Gasteiger charge is 2.24. The third kappa shape index (κ3) is 2.76. The van der Waals surface area contributed by atoms with Crippen LogP contribution in [-0.2, 0) is 4.74 Å². The number of ether oxygens (including phenoxy) is 1. The van der Waals surface area contributed by atoms with Crippen molar-refractivity contribution in [1.29, 1.82) is 0 Å². The van der Waals surface area contributed by atoms with Crippen LogP contribution in [0, 0.1) is 0 Å². The molecule has 1 aromatic rings. The molecule has 0 N–H and O–H groups in total. The van der Waals surface area contributed by atoms with E-state index in [0.29, 0.717) is 0 Å². The van der Waals surface area contributed by atoms with Gasteiger partial charge in [-0.1, -0.05) is 0 Å². The van der Waals surface area contributed by atoms with Crippen molar-refractivity contribution in [2.75, 3.05) is 6.61 Å². The summed E-state index contributed by atoms with van der Waals surface area (Å²) < 4.78 is 30.5. The molecular formula is C9H7Br2F2NO2. The lowest BCUT2D eigenvalue weighted by Crippen LogP contribution is -2.10. The molecular weight excluding hydrogens is 352 g/mol. The zero-order valence-corrected chi connectivity index (χ0v) is 11.3. The lowest BCUT2D eigenvalue weighted by molar-refractivity contribution is 0.0513. The maximum absolute atomic E-state index is 12.7. The summed E-state index contributed by atoms with van der Waals surface area (Å²) in [5.41, 5.74) is -0.646. The van der Waals surface area contributed by atoms with Gasteiger partial charge in [0.25, 0.3) is 6.43 Å². The molecule has 0 saturated heterocycles. The third-order valence-electron chi connectivity index (χ3n) is 1.72. The highest BCUT2D eigenvalue weighted by Crippen LogP contribution is 2.32. The Balaban J connectivity index is 3.31. The van der Waals surface area contributed by atoms with Gasteiger partial charge >= 0.3 is 5.97 Å². The van der Waals surface area contributed by atoms with E-state index in [4.69, 9.17) is 4.74 Å². The van der Waals surface area contributed by atoms with Crippen LogP contribution in [0.5, 0.6) is 0 Å². The molecule has 0 unspecified atom stereocenters. The molecule has 0 aliphatic rings. The van der Waals surface area contributed by atoms with Gasteiger partial charge in [0.05, 0.1) is 22.2 Å². The molecule has 3 nitrogen and oxygen atoms in total. The Morgan fingerprint density at radius 3 is 2.69 bits per heavy atom. The van der Waals surface area contributed by atoms with Gasteiger partial charge in [0, 0.05) is 6.20 Å². The smallest absolute Gasteiger partial charge is 0.339 e. The van der Waals surface area contributed by atoms with E-state index >= 15 is 0 Å². The predicted molar refractivity (Wildman–Crippen MR) is 60.6 cm³/mol. The van der Waals surface area contributed by atoms with Crippen LogP contribution in [0.15, 0.2) is 15.3 Å². The number of hydrogen-bond acceptors (Lipinski definition) is 3. The molecule has 0 atom stereocenters. The minimum Gasteiger partial charge on any atom is -0.462 e. The SMILES string of the molecule is CCOC(=O)c1c(C(F)F)cnc(Br)c1Br. The summed E-state index contributed by atoms with van der Waals surface area (Å²) >= 11 is 6.06. The van der Waals surface area contributed by atoms with Gasteiger partial charge in [-0.15, -0.1) is 0 Å². The second kappa shape index (κ2) is 5.67. The van der Waals surface area contributed by atoms with Crippen LogP contribution in [0.25, 0.3) is 0 Å². The summed E-state index contributed by atoms with van der Waals surface area (Å²) in [6, 6.07) is 0. The molecule has 16 heavy (non-hydrogen) atoms. The number of alkyl halides is 2. The van der Waals surface area contributed by atoms with E-state index in [9.17, 15) is 13.6 Å². The minimum absolute atomic E-state index is 0.119. The number of carbonyl (C=O) groups is 1. The maximum Gasteiger partial charge on any atom is 0.339 e. The van der Waals surface area contributed by atoms with Crippen molar-refractivity contribution in [3.8, 4) is 0 Å². The van der Waals surface area contributed by atoms with Gasteiger partial charge in [0.15, 0.2) is 0 Å². The lowest BCUT2D eigenvalue weighted by Gasteiger charge is -2.10. The van der Waals surface area contributed by atoms with Gasteiger partial charge in [-0.25, -0.2) is 18.6 Å². The summed E-state index contributed by atoms with van der Waals surface area (Å²) in [6.07, 6.45) is -1.83. The summed E-state index contributed by atoms with van der Waals surface area (Å²) in [5.74, 6) is -0.798. The van der Waals surface area contributed by atoms with Gasteiger partial charge in [0.1, 0.15) is 4.60 Å². The topological polar surface area (TPSA) is 39.2 Å². The molecule has 88 valence electrons. The average molecular weight is 359 g/mol. The van der Waals surface area contributed by atoms with Crippen LogP contribution in [0.2, 0.25) is 0 Å². The number of hydrogen-bond donors (Lipinski definition) is 0. The summed E-state index contributed by atoms with van der Waals surface area (Å²) in [5, 5.41) is 0. The molecule has 0 saturated carbocycles. The monoisotopic (exact) mass is 357 g/mol. The first-order valence-corrected chi connectivity index (χ1v) is 5.86. The minimum atomic E-state index is -2.78. The fourth-order valence-electron chi connectivity index (χ4n) is 1.05. The van der Waals surface area contributed by atoms with Crippen LogP contribution >= 0.6 is 31.9 Å². The second-order valence-corrected chi connectivity index (χ2v) is 4.26. The Morgan fingerprint density at radius 2 is 2.19 bits per heavy atom. The second-order valence-electron chi connectivity index (χ2n) is 2.71. The Kier molecular flexibility index (Phi) is 4.79. The zero-order valence-electron chi connectivity index (χ0n) is 8.14. The van der Waals surface area contributed by atoms with Crippen LogP contribution < -0.4 is 0 Å². The zero-order chi connectivity index (χ0) is 12.3. The van der Waals surface area contributed by atoms with E-state index in [-0.39, 0.29) is 21.2 Å². The van der Waals surface area contributed by atoms with E-state index in [1.165, 1.54) is 0 Å². The molecule has 7 heteroatoms. The number of esters is 1. The standard InChI is InChI=1S/C9H7Br2F2NO2/c1-2-16-9(15)5-4(8(12)13)3-14-7(11)6(5)10/h3,8H,2H2,1H3. The van der Waals surface area contributed by atoms with E-state index in [1.54, 1.807) is 6.92 Å². The molecule has 0 bridgehead atoms. The summed E-state index contributed by atoms with van der Waals surface area (Å²) in [6.45, 7) is 1.72. The third-order valence-corrected chi connectivity index (χ3v) is 3.63. The summed E-state index contributed by atoms with van der Waals surface area (Å²) in [4.78, 5) is 15.2. The van der Waals surface area contributed by atoms with Crippen LogP contribution in [0.4, 0.5) is 8.78 Å². The molecule has 0 radical (unpaired) electrons. The molecule has 1 heterocycles. The Bertz CT molecular complexity index is 413. The molecule has 1 rings (SSSR count). The van der Waals surface area contributed by atoms with Gasteiger partial charge in [-0.2, -0.15) is 0 Å². The Labute approximate surface area is 107 Å². The predicted octanol–water partition coefficient (Wildman–Crippen LogP) is 3.72. The van der Waals surface area contributed by atoms with Crippen molar-refractivity contribution < 1.29 is 18.3 Å². The molecule has 0 aliphatic heterocycles. The first kappa shape index (κ1) is 13.5. The fourth-order valence-corrected chi connectivity index (χ4v) is 1.85. The molecule has 1 aromatic heterocycles. The number of aromatic nitrogens is 1. The highest BCUT2D eigenvalue weighted by molar-refractivity contribution is 9.13. The normalized spacial score (nSPS) is 10.6. The van der Waals surface area contributed by atoms with E-state index in [0.717, 1.165) is 6.20 Å². The van der Waals surface area contributed by atoms with Crippen molar-refractivity contribution in [3.05, 3.63) is 26.4 Å². The number of pyridine rings is 1. The van der Waals surface area contributed by atoms with E-state index < -0.39 is 18.0 Å². The molecule has 0 fully saturated rings. The summed E-state index contributed by atoms with van der Waals surface area (Å²) in [7, 11) is 0. The first-order chi connectivity index (χ1) is 7.49. The average Bonchev–Trinajstić information content (AvgIpc) is 2.21. The molecule has 0 aromatic carbocycles. The van der Waals surface area contributed by atoms with E-state index in [1.807, 2.05) is 0 Å². The maximum atomic E-state index is 12.7. The van der Waals surface area contributed by atoms with Crippen molar-refractivity contribution >= 4 is 37.8 Å². The highest BCUT2D eigenvalue weighted by atomic mass is 79.9. The largest absolute Gasteiger partial charge is 0.462 e. The lowest BCUT2D eigenvalue weighted by atomic mass is 10.1. The molecule has 0 spiro atoms. The van der Waals surface area contributed by atoms with Crippen molar-refractivity contribution in [2.45, 2.75) is 13.3 Å². The van der Waals surface area contributed by atoms with Gasteiger partial charge in [-0.05, 0) is 38.8 Å². The van der Waals surface area contributed by atoms with Gasteiger partial charge in [0.2, 0.25) is 0 Å². The van der Waals surface area contributed by atoms with Crippen molar-refractivity contribution in [2.24, 2.45) is 0 Å². The molecule has 0 amide bonds. The number of rotatable bonds is 3. The number of nitrogens with zero attached hydrogens (tertiary/aromatic N) is 1. The Morgan fingerprint density at radius 1 is 1.56 bits per heavy atom. The molecule has 0 aliphatic carbocycles.